The lowest BCUT2D eigenvalue weighted by Gasteiger charge is -2.36. The Kier molecular flexibility index (Phi) is 11.9. The van der Waals surface area contributed by atoms with Crippen LogP contribution in [-0.4, -0.2) is 97.2 Å². The highest BCUT2D eigenvalue weighted by atomic mass is 127. The summed E-state index contributed by atoms with van der Waals surface area (Å²) in [5, 5.41) is 3.38. The molecule has 2 fully saturated rings. The van der Waals surface area contributed by atoms with Crippen LogP contribution in [0.25, 0.3) is 0 Å². The van der Waals surface area contributed by atoms with E-state index >= 15 is 0 Å². The summed E-state index contributed by atoms with van der Waals surface area (Å²) < 4.78 is 5.46. The van der Waals surface area contributed by atoms with Crippen LogP contribution in [0.5, 0.6) is 0 Å². The van der Waals surface area contributed by atoms with E-state index in [1.165, 1.54) is 0 Å². The van der Waals surface area contributed by atoms with Gasteiger partial charge >= 0.3 is 6.09 Å². The number of primary amides is 1. The van der Waals surface area contributed by atoms with Crippen LogP contribution in [0.2, 0.25) is 0 Å². The fourth-order valence-electron chi connectivity index (χ4n) is 3.91. The Morgan fingerprint density at radius 1 is 1.13 bits per heavy atom. The summed E-state index contributed by atoms with van der Waals surface area (Å²) in [5.74, 6) is 0.995. The molecule has 2 rings (SSSR count). The molecule has 0 aromatic rings. The molecule has 0 spiro atoms. The molecule has 9 nitrogen and oxygen atoms in total. The van der Waals surface area contributed by atoms with Crippen molar-refractivity contribution in [2.75, 3.05) is 58.9 Å². The first-order valence-electron chi connectivity index (χ1n) is 11.2. The predicted octanol–water partition coefficient (Wildman–Crippen LogP) is 1.71. The van der Waals surface area contributed by atoms with Gasteiger partial charge in [0.2, 0.25) is 5.91 Å². The Balaban J connectivity index is 0.00000480. The van der Waals surface area contributed by atoms with E-state index in [0.717, 1.165) is 58.1 Å². The number of ether oxygens (including phenoxy) is 1. The predicted molar refractivity (Wildman–Crippen MR) is 134 cm³/mol. The number of hydrogen-bond donors (Lipinski definition) is 2. The van der Waals surface area contributed by atoms with Gasteiger partial charge in [0, 0.05) is 58.8 Å². The number of halogens is 1. The van der Waals surface area contributed by atoms with Gasteiger partial charge in [-0.25, -0.2) is 4.79 Å². The first-order valence-corrected chi connectivity index (χ1v) is 11.2. The van der Waals surface area contributed by atoms with E-state index in [2.05, 4.69) is 22.0 Å². The molecular weight excluding hydrogens is 511 g/mol. The molecule has 0 aromatic heterocycles. The van der Waals surface area contributed by atoms with Crippen LogP contribution in [0.15, 0.2) is 4.99 Å². The molecule has 2 heterocycles. The van der Waals surface area contributed by atoms with Gasteiger partial charge in [-0.2, -0.15) is 0 Å². The minimum absolute atomic E-state index is 0. The van der Waals surface area contributed by atoms with E-state index in [-0.39, 0.29) is 36.0 Å². The van der Waals surface area contributed by atoms with Crippen LogP contribution in [0.3, 0.4) is 0 Å². The first-order chi connectivity index (χ1) is 14.2. The topological polar surface area (TPSA) is 104 Å². The molecular formula is C21H41IN6O3. The smallest absolute Gasteiger partial charge is 0.410 e. The zero-order valence-electron chi connectivity index (χ0n) is 19.6. The second-order valence-corrected chi connectivity index (χ2v) is 9.17. The maximum atomic E-state index is 12.2. The molecule has 10 heteroatoms. The normalized spacial score (nSPS) is 20.8. The Labute approximate surface area is 204 Å². The van der Waals surface area contributed by atoms with Crippen molar-refractivity contribution in [3.05, 3.63) is 0 Å². The lowest BCUT2D eigenvalue weighted by molar-refractivity contribution is -0.119. The fourth-order valence-corrected chi connectivity index (χ4v) is 3.91. The summed E-state index contributed by atoms with van der Waals surface area (Å²) in [6, 6.07) is 0. The molecule has 2 amide bonds. The third kappa shape index (κ3) is 10.2. The van der Waals surface area contributed by atoms with Crippen molar-refractivity contribution in [3.8, 4) is 0 Å². The Morgan fingerprint density at radius 2 is 1.81 bits per heavy atom. The third-order valence-corrected chi connectivity index (χ3v) is 5.35. The highest BCUT2D eigenvalue weighted by Gasteiger charge is 2.26. The van der Waals surface area contributed by atoms with Crippen molar-refractivity contribution >= 4 is 41.9 Å². The molecule has 1 atom stereocenters. The van der Waals surface area contributed by atoms with Crippen molar-refractivity contribution < 1.29 is 14.3 Å². The number of hydrogen-bond acceptors (Lipinski definition) is 5. The summed E-state index contributed by atoms with van der Waals surface area (Å²) in [6.45, 7) is 14.9. The molecule has 0 saturated carbocycles. The molecule has 180 valence electrons. The van der Waals surface area contributed by atoms with Gasteiger partial charge < -0.3 is 25.6 Å². The summed E-state index contributed by atoms with van der Waals surface area (Å²) in [7, 11) is 0. The number of guanidine groups is 1. The lowest BCUT2D eigenvalue weighted by Crippen LogP contribution is -2.50. The minimum Gasteiger partial charge on any atom is -0.444 e. The number of aliphatic imine (C=N–C) groups is 1. The van der Waals surface area contributed by atoms with Crippen molar-refractivity contribution in [3.63, 3.8) is 0 Å². The van der Waals surface area contributed by atoms with Crippen LogP contribution in [-0.2, 0) is 9.53 Å². The highest BCUT2D eigenvalue weighted by molar-refractivity contribution is 14.0. The maximum Gasteiger partial charge on any atom is 0.410 e. The van der Waals surface area contributed by atoms with Crippen LogP contribution in [0.1, 0.15) is 47.0 Å². The number of nitrogens with zero attached hydrogens (tertiary/aromatic N) is 4. The first kappa shape index (κ1) is 27.7. The minimum atomic E-state index is -0.462. The molecule has 31 heavy (non-hydrogen) atoms. The van der Waals surface area contributed by atoms with Crippen molar-refractivity contribution in [1.82, 2.24) is 20.0 Å². The molecule has 2 saturated heterocycles. The van der Waals surface area contributed by atoms with Gasteiger partial charge in [-0.05, 0) is 46.5 Å². The summed E-state index contributed by atoms with van der Waals surface area (Å²) >= 11 is 0. The third-order valence-electron chi connectivity index (χ3n) is 5.35. The summed E-state index contributed by atoms with van der Waals surface area (Å²) in [5.41, 5.74) is 4.92. The second kappa shape index (κ2) is 13.3. The van der Waals surface area contributed by atoms with Gasteiger partial charge in [0.1, 0.15) is 5.60 Å². The van der Waals surface area contributed by atoms with Gasteiger partial charge in [0.25, 0.3) is 0 Å². The summed E-state index contributed by atoms with van der Waals surface area (Å²) in [4.78, 5) is 34.6. The zero-order valence-corrected chi connectivity index (χ0v) is 21.9. The lowest BCUT2D eigenvalue weighted by atomic mass is 9.95. The van der Waals surface area contributed by atoms with Gasteiger partial charge in [-0.15, -0.1) is 24.0 Å². The van der Waals surface area contributed by atoms with Crippen molar-refractivity contribution in [2.45, 2.75) is 52.6 Å². The number of nitrogens with two attached hydrogens (primary N) is 1. The molecule has 2 aliphatic heterocycles. The molecule has 3 N–H and O–H groups in total. The molecule has 0 aliphatic carbocycles. The van der Waals surface area contributed by atoms with Gasteiger partial charge in [-0.1, -0.05) is 0 Å². The van der Waals surface area contributed by atoms with E-state index < -0.39 is 5.60 Å². The number of carbonyl (C=O) groups excluding carboxylic acids is 2. The van der Waals surface area contributed by atoms with E-state index in [4.69, 9.17) is 15.5 Å². The van der Waals surface area contributed by atoms with Crippen LogP contribution < -0.4 is 11.1 Å². The van der Waals surface area contributed by atoms with E-state index in [0.29, 0.717) is 32.0 Å². The monoisotopic (exact) mass is 552 g/mol. The van der Waals surface area contributed by atoms with Crippen molar-refractivity contribution in [2.24, 2.45) is 16.6 Å². The molecule has 0 radical (unpaired) electrons. The fraction of sp³-hybridized carbons (Fsp3) is 0.857. The van der Waals surface area contributed by atoms with E-state index in [9.17, 15) is 9.59 Å². The average molecular weight is 553 g/mol. The number of piperidine rings is 1. The summed E-state index contributed by atoms with van der Waals surface area (Å²) in [6.07, 6.45) is 2.30. The Bertz CT molecular complexity index is 602. The molecule has 2 aliphatic rings. The number of nitrogens with one attached hydrogen (secondary N) is 1. The van der Waals surface area contributed by atoms with Crippen LogP contribution >= 0.6 is 24.0 Å². The maximum absolute atomic E-state index is 12.2. The van der Waals surface area contributed by atoms with Crippen LogP contribution in [0, 0.1) is 5.92 Å². The van der Waals surface area contributed by atoms with Gasteiger partial charge in [0.15, 0.2) is 5.96 Å². The highest BCUT2D eigenvalue weighted by Crippen LogP contribution is 2.19. The van der Waals surface area contributed by atoms with E-state index in [1.807, 2.05) is 20.8 Å². The number of rotatable bonds is 6. The Morgan fingerprint density at radius 3 is 2.39 bits per heavy atom. The number of piperazine rings is 1. The number of amides is 2. The van der Waals surface area contributed by atoms with Gasteiger partial charge in [-0.3, -0.25) is 14.7 Å². The van der Waals surface area contributed by atoms with Crippen LogP contribution in [0.4, 0.5) is 4.79 Å². The molecule has 0 aromatic carbocycles. The standard InChI is InChI=1S/C21H40N6O3.HI/c1-5-23-19(27-9-6-7-17(16-27)15-18(22)28)24-8-10-25-11-13-26(14-12-25)20(29)30-21(2,3)4;/h17H,5-16H2,1-4H3,(H2,22,28)(H,23,24);1H. The number of likely N-dealkylation sites (tertiary alicyclic amines) is 1. The second-order valence-electron chi connectivity index (χ2n) is 9.17. The van der Waals surface area contributed by atoms with E-state index in [1.54, 1.807) is 4.90 Å². The average Bonchev–Trinajstić information content (AvgIpc) is 2.66. The van der Waals surface area contributed by atoms with Crippen molar-refractivity contribution in [1.29, 1.82) is 0 Å². The SMILES string of the molecule is CCNC(=NCCN1CCN(C(=O)OC(C)(C)C)CC1)N1CCCC(CC(N)=O)C1.I. The number of carbonyl (C=O) groups is 2. The largest absolute Gasteiger partial charge is 0.444 e. The van der Waals surface area contributed by atoms with Gasteiger partial charge in [0.05, 0.1) is 6.54 Å². The molecule has 1 unspecified atom stereocenters. The molecule has 0 bridgehead atoms. The quantitative estimate of drug-likeness (QED) is 0.296. The Hall–Kier alpha value is -1.30. The zero-order chi connectivity index (χ0) is 22.1.